The normalized spacial score (nSPS) is 16.4. The Morgan fingerprint density at radius 2 is 2.11 bits per heavy atom. The highest BCUT2D eigenvalue weighted by Crippen LogP contribution is 2.22. The number of benzene rings is 1. The van der Waals surface area contributed by atoms with Crippen LogP contribution >= 0.6 is 0 Å². The average Bonchev–Trinajstić information content (AvgIpc) is 2.69. The number of carbonyl (C=O) groups is 2. The average molecular weight is 389 g/mol. The number of likely N-dealkylation sites (N-methyl/N-ethyl adjacent to an activating group) is 1. The summed E-state index contributed by atoms with van der Waals surface area (Å²) in [5.41, 5.74) is -0.0827. The number of rotatable bonds is 6. The predicted molar refractivity (Wildman–Crippen MR) is 99.4 cm³/mol. The van der Waals surface area contributed by atoms with Crippen molar-refractivity contribution < 1.29 is 28.6 Å². The maximum atomic E-state index is 13.7. The fourth-order valence-corrected chi connectivity index (χ4v) is 2.87. The molecule has 2 heterocycles. The third-order valence-electron chi connectivity index (χ3n) is 4.20. The van der Waals surface area contributed by atoms with Gasteiger partial charge in [-0.15, -0.1) is 0 Å². The highest BCUT2D eigenvalue weighted by atomic mass is 19.1. The van der Waals surface area contributed by atoms with Crippen LogP contribution in [0.4, 0.5) is 15.9 Å². The Balaban J connectivity index is 1.78. The first-order valence-corrected chi connectivity index (χ1v) is 8.65. The van der Waals surface area contributed by atoms with Crippen LogP contribution in [0.5, 0.6) is 0 Å². The summed E-state index contributed by atoms with van der Waals surface area (Å²) in [5.74, 6) is -2.33. The SMILES string of the molecule is CN(C[C@H]1COCCO1)c1ncc(NC(=O)c2ccccc2F)cc1C(=O)O. The van der Waals surface area contributed by atoms with E-state index >= 15 is 0 Å². The lowest BCUT2D eigenvalue weighted by Gasteiger charge is -2.28. The first-order chi connectivity index (χ1) is 13.5. The van der Waals surface area contributed by atoms with Gasteiger partial charge in [0.25, 0.3) is 5.91 Å². The van der Waals surface area contributed by atoms with E-state index in [4.69, 9.17) is 9.47 Å². The first-order valence-electron chi connectivity index (χ1n) is 8.65. The van der Waals surface area contributed by atoms with E-state index in [1.165, 1.54) is 36.5 Å². The molecule has 0 bridgehead atoms. The van der Waals surface area contributed by atoms with Gasteiger partial charge in [-0.2, -0.15) is 0 Å². The molecule has 1 amide bonds. The van der Waals surface area contributed by atoms with E-state index in [0.717, 1.165) is 0 Å². The summed E-state index contributed by atoms with van der Waals surface area (Å²) in [7, 11) is 1.70. The van der Waals surface area contributed by atoms with Crippen LogP contribution in [0, 0.1) is 5.82 Å². The third-order valence-corrected chi connectivity index (χ3v) is 4.20. The molecule has 0 unspecified atom stereocenters. The highest BCUT2D eigenvalue weighted by molar-refractivity contribution is 6.05. The Kier molecular flexibility index (Phi) is 6.17. The molecule has 1 aliphatic rings. The lowest BCUT2D eigenvalue weighted by Crippen LogP contribution is -2.39. The molecule has 0 radical (unpaired) electrons. The van der Waals surface area contributed by atoms with Crippen LogP contribution in [-0.2, 0) is 9.47 Å². The fraction of sp³-hybridized carbons (Fsp3) is 0.316. The van der Waals surface area contributed by atoms with Gasteiger partial charge in [0.2, 0.25) is 0 Å². The Hall–Kier alpha value is -3.04. The largest absolute Gasteiger partial charge is 0.478 e. The molecular formula is C19H20FN3O5. The molecule has 148 valence electrons. The number of nitrogens with zero attached hydrogens (tertiary/aromatic N) is 2. The second-order valence-electron chi connectivity index (χ2n) is 6.28. The summed E-state index contributed by atoms with van der Waals surface area (Å²) in [5, 5.41) is 12.0. The number of amides is 1. The number of halogens is 1. The Morgan fingerprint density at radius 1 is 1.32 bits per heavy atom. The number of carboxylic acids is 1. The third kappa shape index (κ3) is 4.62. The number of ether oxygens (including phenoxy) is 2. The van der Waals surface area contributed by atoms with Crippen LogP contribution in [0.15, 0.2) is 36.5 Å². The van der Waals surface area contributed by atoms with Gasteiger partial charge in [0.05, 0.1) is 43.4 Å². The standard InChI is InChI=1S/C19H20FN3O5/c1-23(10-13-11-27-6-7-28-13)17-15(19(25)26)8-12(9-21-17)22-18(24)14-4-2-3-5-16(14)20/h2-5,8-9,13H,6-7,10-11H2,1H3,(H,22,24)(H,25,26)/t13-/m0/s1. The van der Waals surface area contributed by atoms with E-state index in [1.807, 2.05) is 0 Å². The van der Waals surface area contributed by atoms with E-state index in [-0.39, 0.29) is 28.7 Å². The minimum absolute atomic E-state index is 0.0921. The topological polar surface area (TPSA) is 101 Å². The summed E-state index contributed by atoms with van der Waals surface area (Å²) in [6.07, 6.45) is 1.14. The summed E-state index contributed by atoms with van der Waals surface area (Å²) >= 11 is 0. The van der Waals surface area contributed by atoms with Gasteiger partial charge in [-0.05, 0) is 18.2 Å². The van der Waals surface area contributed by atoms with Crippen LogP contribution in [-0.4, -0.2) is 61.5 Å². The second kappa shape index (κ2) is 8.77. The number of hydrogen-bond donors (Lipinski definition) is 2. The molecule has 0 spiro atoms. The zero-order valence-electron chi connectivity index (χ0n) is 15.2. The molecule has 1 aliphatic heterocycles. The molecule has 0 saturated carbocycles. The van der Waals surface area contributed by atoms with Crippen molar-refractivity contribution in [1.29, 1.82) is 0 Å². The number of carboxylic acid groups (broad SMARTS) is 1. The molecule has 1 aromatic heterocycles. The molecule has 0 aliphatic carbocycles. The lowest BCUT2D eigenvalue weighted by atomic mass is 10.2. The van der Waals surface area contributed by atoms with Gasteiger partial charge in [0, 0.05) is 13.6 Å². The number of carbonyl (C=O) groups excluding carboxylic acids is 1. The van der Waals surface area contributed by atoms with Crippen molar-refractivity contribution >= 4 is 23.4 Å². The smallest absolute Gasteiger partial charge is 0.339 e. The summed E-state index contributed by atoms with van der Waals surface area (Å²) in [6, 6.07) is 6.81. The zero-order valence-corrected chi connectivity index (χ0v) is 15.2. The zero-order chi connectivity index (χ0) is 20.1. The van der Waals surface area contributed by atoms with Crippen LogP contribution < -0.4 is 10.2 Å². The molecule has 2 N–H and O–H groups in total. The van der Waals surface area contributed by atoms with Crippen molar-refractivity contribution in [3.05, 3.63) is 53.5 Å². The van der Waals surface area contributed by atoms with Gasteiger partial charge in [-0.25, -0.2) is 14.2 Å². The lowest BCUT2D eigenvalue weighted by molar-refractivity contribution is -0.0837. The van der Waals surface area contributed by atoms with Crippen molar-refractivity contribution in [3.8, 4) is 0 Å². The number of anilines is 2. The first kappa shape index (κ1) is 19.7. The van der Waals surface area contributed by atoms with Gasteiger partial charge in [0.15, 0.2) is 0 Å². The Bertz CT molecular complexity index is 870. The van der Waals surface area contributed by atoms with Crippen molar-refractivity contribution in [2.24, 2.45) is 0 Å². The molecular weight excluding hydrogens is 369 g/mol. The quantitative estimate of drug-likeness (QED) is 0.779. The fourth-order valence-electron chi connectivity index (χ4n) is 2.87. The molecule has 28 heavy (non-hydrogen) atoms. The van der Waals surface area contributed by atoms with E-state index in [1.54, 1.807) is 11.9 Å². The molecule has 1 atom stereocenters. The van der Waals surface area contributed by atoms with Crippen molar-refractivity contribution in [2.75, 3.05) is 43.6 Å². The number of pyridine rings is 1. The molecule has 9 heteroatoms. The van der Waals surface area contributed by atoms with Gasteiger partial charge < -0.3 is 24.8 Å². The molecule has 1 aromatic carbocycles. The minimum atomic E-state index is -1.20. The van der Waals surface area contributed by atoms with Crippen molar-refractivity contribution in [1.82, 2.24) is 4.98 Å². The second-order valence-corrected chi connectivity index (χ2v) is 6.28. The predicted octanol–water partition coefficient (Wildman–Crippen LogP) is 2.02. The van der Waals surface area contributed by atoms with E-state index in [0.29, 0.717) is 26.4 Å². The van der Waals surface area contributed by atoms with Crippen LogP contribution in [0.1, 0.15) is 20.7 Å². The number of nitrogens with one attached hydrogen (secondary N) is 1. The van der Waals surface area contributed by atoms with Crippen molar-refractivity contribution in [2.45, 2.75) is 6.10 Å². The van der Waals surface area contributed by atoms with Gasteiger partial charge in [0.1, 0.15) is 17.2 Å². The van der Waals surface area contributed by atoms with Crippen molar-refractivity contribution in [3.63, 3.8) is 0 Å². The van der Waals surface area contributed by atoms with Gasteiger partial charge >= 0.3 is 5.97 Å². The van der Waals surface area contributed by atoms with E-state index in [9.17, 15) is 19.1 Å². The molecule has 2 aromatic rings. The highest BCUT2D eigenvalue weighted by Gasteiger charge is 2.22. The van der Waals surface area contributed by atoms with Crippen LogP contribution in [0.2, 0.25) is 0 Å². The van der Waals surface area contributed by atoms with Gasteiger partial charge in [-0.3, -0.25) is 4.79 Å². The summed E-state index contributed by atoms with van der Waals surface area (Å²) in [4.78, 5) is 29.7. The Morgan fingerprint density at radius 3 is 2.79 bits per heavy atom. The maximum absolute atomic E-state index is 13.7. The number of aromatic nitrogens is 1. The molecule has 1 saturated heterocycles. The van der Waals surface area contributed by atoms with Crippen LogP contribution in [0.25, 0.3) is 0 Å². The van der Waals surface area contributed by atoms with Crippen LogP contribution in [0.3, 0.4) is 0 Å². The maximum Gasteiger partial charge on any atom is 0.339 e. The van der Waals surface area contributed by atoms with E-state index < -0.39 is 17.7 Å². The molecule has 1 fully saturated rings. The summed E-state index contributed by atoms with van der Waals surface area (Å²) in [6.45, 7) is 1.84. The molecule has 8 nitrogen and oxygen atoms in total. The minimum Gasteiger partial charge on any atom is -0.478 e. The van der Waals surface area contributed by atoms with E-state index in [2.05, 4.69) is 10.3 Å². The molecule has 3 rings (SSSR count). The van der Waals surface area contributed by atoms with Gasteiger partial charge in [-0.1, -0.05) is 12.1 Å². The summed E-state index contributed by atoms with van der Waals surface area (Å²) < 4.78 is 24.7. The number of aromatic carboxylic acids is 1. The Labute approximate surface area is 160 Å². The monoisotopic (exact) mass is 389 g/mol. The number of hydrogen-bond acceptors (Lipinski definition) is 6.